The zero-order valence-corrected chi connectivity index (χ0v) is 14.2. The molecule has 0 aromatic carbocycles. The van der Waals surface area contributed by atoms with E-state index in [2.05, 4.69) is 11.9 Å². The van der Waals surface area contributed by atoms with Crippen LogP contribution in [0.4, 0.5) is 0 Å². The Hall–Kier alpha value is -1.46. The molecule has 23 heavy (non-hydrogen) atoms. The van der Waals surface area contributed by atoms with Gasteiger partial charge in [0.2, 0.25) is 0 Å². The van der Waals surface area contributed by atoms with E-state index in [0.717, 1.165) is 25.0 Å². The van der Waals surface area contributed by atoms with Crippen molar-refractivity contribution in [1.82, 2.24) is 9.88 Å². The summed E-state index contributed by atoms with van der Waals surface area (Å²) < 4.78 is 11.9. The molecule has 1 spiro atoms. The lowest BCUT2D eigenvalue weighted by Crippen LogP contribution is -2.59. The number of aromatic nitrogens is 1. The number of nitrogens with zero attached hydrogens (tertiary/aromatic N) is 2. The van der Waals surface area contributed by atoms with Gasteiger partial charge in [0.25, 0.3) is 5.91 Å². The molecule has 2 aliphatic heterocycles. The number of amides is 1. The summed E-state index contributed by atoms with van der Waals surface area (Å²) in [6.07, 6.45) is 2.72. The molecule has 2 fully saturated rings. The second kappa shape index (κ2) is 6.57. The maximum absolute atomic E-state index is 12.9. The molecule has 0 bridgehead atoms. The van der Waals surface area contributed by atoms with Crippen LogP contribution in [0.3, 0.4) is 0 Å². The van der Waals surface area contributed by atoms with Crippen molar-refractivity contribution in [3.8, 4) is 0 Å². The van der Waals surface area contributed by atoms with Crippen LogP contribution in [0.2, 0.25) is 0 Å². The molecule has 3 rings (SSSR count). The fourth-order valence-corrected chi connectivity index (χ4v) is 3.72. The Morgan fingerprint density at radius 3 is 2.96 bits per heavy atom. The molecule has 0 radical (unpaired) electrons. The van der Waals surface area contributed by atoms with Crippen LogP contribution in [0.15, 0.2) is 18.2 Å². The fraction of sp³-hybridized carbons (Fsp3) is 0.667. The monoisotopic (exact) mass is 318 g/mol. The number of morpholine rings is 1. The zero-order chi connectivity index (χ0) is 16.4. The summed E-state index contributed by atoms with van der Waals surface area (Å²) in [5.41, 5.74) is 1.22. The van der Waals surface area contributed by atoms with Crippen LogP contribution in [0.25, 0.3) is 0 Å². The van der Waals surface area contributed by atoms with Crippen LogP contribution in [-0.4, -0.2) is 53.3 Å². The minimum absolute atomic E-state index is 0.00831. The first kappa shape index (κ1) is 16.4. The molecule has 0 saturated carbocycles. The van der Waals surface area contributed by atoms with Crippen molar-refractivity contribution in [3.05, 3.63) is 29.6 Å². The summed E-state index contributed by atoms with van der Waals surface area (Å²) in [6.45, 7) is 8.10. The molecule has 5 heteroatoms. The smallest absolute Gasteiger partial charge is 0.272 e. The van der Waals surface area contributed by atoms with Crippen LogP contribution in [0.1, 0.15) is 49.8 Å². The standard InChI is InChI=1S/C18H26N2O3/c1-4-15-6-5-7-16(19-15)17(21)20-11-14(3)23-18(12-20)8-9-22-13(2)10-18/h5-7,13-14H,4,8-12H2,1-3H3/t13-,14+,18-/m1/s1. The van der Waals surface area contributed by atoms with Crippen molar-refractivity contribution in [2.75, 3.05) is 19.7 Å². The van der Waals surface area contributed by atoms with E-state index >= 15 is 0 Å². The van der Waals surface area contributed by atoms with Gasteiger partial charge in [-0.05, 0) is 32.4 Å². The highest BCUT2D eigenvalue weighted by Crippen LogP contribution is 2.34. The Bertz CT molecular complexity index is 573. The number of pyridine rings is 1. The van der Waals surface area contributed by atoms with Crippen molar-refractivity contribution >= 4 is 5.91 Å². The summed E-state index contributed by atoms with van der Waals surface area (Å²) in [5.74, 6) is 0.00831. The molecule has 1 amide bonds. The zero-order valence-electron chi connectivity index (χ0n) is 14.2. The molecule has 3 atom stereocenters. The summed E-state index contributed by atoms with van der Waals surface area (Å²) in [7, 11) is 0. The van der Waals surface area contributed by atoms with E-state index in [-0.39, 0.29) is 23.7 Å². The Morgan fingerprint density at radius 2 is 2.22 bits per heavy atom. The van der Waals surface area contributed by atoms with E-state index in [1.807, 2.05) is 30.9 Å². The number of carbonyl (C=O) groups is 1. The molecule has 0 unspecified atom stereocenters. The maximum Gasteiger partial charge on any atom is 0.272 e. The quantitative estimate of drug-likeness (QED) is 0.840. The Labute approximate surface area is 138 Å². The van der Waals surface area contributed by atoms with Gasteiger partial charge in [-0.3, -0.25) is 4.79 Å². The van der Waals surface area contributed by atoms with E-state index in [1.54, 1.807) is 6.07 Å². The van der Waals surface area contributed by atoms with E-state index in [9.17, 15) is 4.79 Å². The number of ether oxygens (including phenoxy) is 2. The van der Waals surface area contributed by atoms with Crippen LogP contribution < -0.4 is 0 Å². The van der Waals surface area contributed by atoms with Crippen molar-refractivity contribution < 1.29 is 14.3 Å². The van der Waals surface area contributed by atoms with Gasteiger partial charge in [0.05, 0.1) is 24.4 Å². The second-order valence-electron chi connectivity index (χ2n) is 6.80. The van der Waals surface area contributed by atoms with Crippen molar-refractivity contribution in [2.24, 2.45) is 0 Å². The van der Waals surface area contributed by atoms with E-state index in [0.29, 0.717) is 25.4 Å². The van der Waals surface area contributed by atoms with Gasteiger partial charge in [0.1, 0.15) is 5.69 Å². The van der Waals surface area contributed by atoms with Crippen LogP contribution in [0.5, 0.6) is 0 Å². The van der Waals surface area contributed by atoms with Gasteiger partial charge in [-0.2, -0.15) is 0 Å². The Morgan fingerprint density at radius 1 is 1.39 bits per heavy atom. The first-order valence-corrected chi connectivity index (χ1v) is 8.56. The number of aryl methyl sites for hydroxylation is 1. The highest BCUT2D eigenvalue weighted by Gasteiger charge is 2.44. The van der Waals surface area contributed by atoms with Crippen LogP contribution in [0, 0.1) is 0 Å². The SMILES string of the molecule is CCc1cccc(C(=O)N2C[C@H](C)O[C@@]3(CCO[C@H](C)C3)C2)n1. The summed E-state index contributed by atoms with van der Waals surface area (Å²) in [4.78, 5) is 19.3. The van der Waals surface area contributed by atoms with Crippen molar-refractivity contribution in [1.29, 1.82) is 0 Å². The van der Waals surface area contributed by atoms with Crippen LogP contribution in [-0.2, 0) is 15.9 Å². The number of hydrogen-bond acceptors (Lipinski definition) is 4. The predicted octanol–water partition coefficient (Wildman–Crippen LogP) is 2.44. The first-order chi connectivity index (χ1) is 11.0. The summed E-state index contributed by atoms with van der Waals surface area (Å²) in [6, 6.07) is 5.68. The van der Waals surface area contributed by atoms with Gasteiger partial charge in [0.15, 0.2) is 0 Å². The minimum Gasteiger partial charge on any atom is -0.378 e. The highest BCUT2D eigenvalue weighted by atomic mass is 16.5. The summed E-state index contributed by atoms with van der Waals surface area (Å²) >= 11 is 0. The second-order valence-corrected chi connectivity index (χ2v) is 6.80. The van der Waals surface area contributed by atoms with Gasteiger partial charge in [-0.25, -0.2) is 4.98 Å². The molecule has 0 aliphatic carbocycles. The third-order valence-corrected chi connectivity index (χ3v) is 4.70. The molecular formula is C18H26N2O3. The molecule has 126 valence electrons. The molecule has 2 aliphatic rings. The van der Waals surface area contributed by atoms with Crippen molar-refractivity contribution in [3.63, 3.8) is 0 Å². The minimum atomic E-state index is -0.270. The molecule has 3 heterocycles. The lowest BCUT2D eigenvalue weighted by molar-refractivity contribution is -0.189. The molecule has 5 nitrogen and oxygen atoms in total. The molecule has 1 aromatic heterocycles. The van der Waals surface area contributed by atoms with Gasteiger partial charge in [0, 0.05) is 31.7 Å². The normalized spacial score (nSPS) is 31.3. The average Bonchev–Trinajstić information content (AvgIpc) is 2.53. The number of hydrogen-bond donors (Lipinski definition) is 0. The number of carbonyl (C=O) groups excluding carboxylic acids is 1. The van der Waals surface area contributed by atoms with Gasteiger partial charge in [-0.15, -0.1) is 0 Å². The third-order valence-electron chi connectivity index (χ3n) is 4.70. The third kappa shape index (κ3) is 3.56. The topological polar surface area (TPSA) is 51.7 Å². The molecule has 1 aromatic rings. The fourth-order valence-electron chi connectivity index (χ4n) is 3.72. The van der Waals surface area contributed by atoms with E-state index in [1.165, 1.54) is 0 Å². The van der Waals surface area contributed by atoms with E-state index in [4.69, 9.17) is 9.47 Å². The van der Waals surface area contributed by atoms with Crippen molar-refractivity contribution in [2.45, 2.75) is 57.8 Å². The van der Waals surface area contributed by atoms with Gasteiger partial charge < -0.3 is 14.4 Å². The molecule has 0 N–H and O–H groups in total. The lowest BCUT2D eigenvalue weighted by atomic mass is 9.88. The van der Waals surface area contributed by atoms with Gasteiger partial charge in [-0.1, -0.05) is 13.0 Å². The van der Waals surface area contributed by atoms with E-state index < -0.39 is 0 Å². The largest absolute Gasteiger partial charge is 0.378 e. The average molecular weight is 318 g/mol. The van der Waals surface area contributed by atoms with Gasteiger partial charge >= 0.3 is 0 Å². The Balaban J connectivity index is 1.79. The molecule has 2 saturated heterocycles. The first-order valence-electron chi connectivity index (χ1n) is 8.56. The lowest BCUT2D eigenvalue weighted by Gasteiger charge is -2.48. The highest BCUT2D eigenvalue weighted by molar-refractivity contribution is 5.92. The molecular weight excluding hydrogens is 292 g/mol. The Kier molecular flexibility index (Phi) is 4.69. The maximum atomic E-state index is 12.9. The number of rotatable bonds is 2. The summed E-state index contributed by atoms with van der Waals surface area (Å²) in [5, 5.41) is 0. The predicted molar refractivity (Wildman–Crippen MR) is 87.4 cm³/mol. The van der Waals surface area contributed by atoms with Crippen LogP contribution >= 0.6 is 0 Å².